The summed E-state index contributed by atoms with van der Waals surface area (Å²) in [5.74, 6) is -0.501. The predicted octanol–water partition coefficient (Wildman–Crippen LogP) is 4.34. The zero-order chi connectivity index (χ0) is 18.4. The molecule has 25 heavy (non-hydrogen) atoms. The molecule has 0 spiro atoms. The average Bonchev–Trinajstić information content (AvgIpc) is 2.57. The van der Waals surface area contributed by atoms with Crippen molar-refractivity contribution < 1.29 is 14.3 Å². The van der Waals surface area contributed by atoms with E-state index in [0.29, 0.717) is 22.1 Å². The SMILES string of the molecule is COc1ccccc1NC(=O)C(/N=N/c1ccc(Cl)cc1C)C(C)=O. The molecule has 2 rings (SSSR count). The van der Waals surface area contributed by atoms with Crippen LogP contribution in [0.25, 0.3) is 0 Å². The number of ether oxygens (including phenoxy) is 1. The van der Waals surface area contributed by atoms with Crippen molar-refractivity contribution in [2.24, 2.45) is 10.2 Å². The standard InChI is InChI=1S/C18H18ClN3O3/c1-11-10-13(19)8-9-14(11)21-22-17(12(2)23)18(24)20-15-6-4-5-7-16(15)25-3/h4-10,17H,1-3H3,(H,20,24)/b22-21+. The summed E-state index contributed by atoms with van der Waals surface area (Å²) in [7, 11) is 1.50. The molecule has 0 aliphatic carbocycles. The largest absolute Gasteiger partial charge is 0.495 e. The molecule has 130 valence electrons. The third-order valence-corrected chi connectivity index (χ3v) is 3.67. The molecule has 0 fully saturated rings. The Labute approximate surface area is 150 Å². The van der Waals surface area contributed by atoms with Gasteiger partial charge in [-0.05, 0) is 49.7 Å². The lowest BCUT2D eigenvalue weighted by Gasteiger charge is -2.12. The molecule has 0 saturated carbocycles. The van der Waals surface area contributed by atoms with Crippen LogP contribution in [0, 0.1) is 6.92 Å². The number of hydrogen-bond acceptors (Lipinski definition) is 5. The molecule has 0 aliphatic rings. The summed E-state index contributed by atoms with van der Waals surface area (Å²) in [6.45, 7) is 3.11. The summed E-state index contributed by atoms with van der Waals surface area (Å²) in [6, 6.07) is 10.7. The van der Waals surface area contributed by atoms with Gasteiger partial charge in [0.25, 0.3) is 5.91 Å². The second-order valence-corrected chi connectivity index (χ2v) is 5.79. The lowest BCUT2D eigenvalue weighted by Crippen LogP contribution is -2.31. The first-order valence-corrected chi connectivity index (χ1v) is 7.91. The fourth-order valence-corrected chi connectivity index (χ4v) is 2.35. The quantitative estimate of drug-likeness (QED) is 0.615. The van der Waals surface area contributed by atoms with E-state index in [9.17, 15) is 9.59 Å². The van der Waals surface area contributed by atoms with Crippen molar-refractivity contribution in [1.29, 1.82) is 0 Å². The van der Waals surface area contributed by atoms with Gasteiger partial charge in [0, 0.05) is 5.02 Å². The number of anilines is 1. The number of methoxy groups -OCH3 is 1. The summed E-state index contributed by atoms with van der Waals surface area (Å²) in [6.07, 6.45) is 0. The van der Waals surface area contributed by atoms with Crippen LogP contribution in [0.4, 0.5) is 11.4 Å². The van der Waals surface area contributed by atoms with E-state index >= 15 is 0 Å². The molecule has 0 aromatic heterocycles. The third kappa shape index (κ3) is 4.87. The Bertz CT molecular complexity index is 821. The molecule has 0 bridgehead atoms. The highest BCUT2D eigenvalue weighted by Gasteiger charge is 2.24. The number of halogens is 1. The molecule has 0 radical (unpaired) electrons. The minimum Gasteiger partial charge on any atom is -0.495 e. The number of para-hydroxylation sites is 2. The van der Waals surface area contributed by atoms with Crippen LogP contribution in [0.1, 0.15) is 12.5 Å². The summed E-state index contributed by atoms with van der Waals surface area (Å²) < 4.78 is 5.18. The number of ketones is 1. The van der Waals surface area contributed by atoms with Gasteiger partial charge < -0.3 is 10.1 Å². The first-order valence-electron chi connectivity index (χ1n) is 7.53. The second-order valence-electron chi connectivity index (χ2n) is 5.35. The fourth-order valence-electron chi connectivity index (χ4n) is 2.12. The lowest BCUT2D eigenvalue weighted by atomic mass is 10.2. The molecular weight excluding hydrogens is 342 g/mol. The maximum absolute atomic E-state index is 12.4. The van der Waals surface area contributed by atoms with Gasteiger partial charge in [0.15, 0.2) is 5.78 Å². The number of carbonyl (C=O) groups is 2. The molecule has 0 aliphatic heterocycles. The summed E-state index contributed by atoms with van der Waals surface area (Å²) in [5, 5.41) is 11.2. The van der Waals surface area contributed by atoms with E-state index in [2.05, 4.69) is 15.5 Å². The van der Waals surface area contributed by atoms with Gasteiger partial charge in [-0.15, -0.1) is 0 Å². The van der Waals surface area contributed by atoms with Gasteiger partial charge in [0.1, 0.15) is 5.75 Å². The number of azo groups is 1. The predicted molar refractivity (Wildman–Crippen MR) is 96.8 cm³/mol. The zero-order valence-corrected chi connectivity index (χ0v) is 14.9. The molecular formula is C18H18ClN3O3. The van der Waals surface area contributed by atoms with Gasteiger partial charge in [-0.25, -0.2) is 0 Å². The summed E-state index contributed by atoms with van der Waals surface area (Å²) in [4.78, 5) is 24.2. The Morgan fingerprint density at radius 1 is 1.20 bits per heavy atom. The molecule has 1 amide bonds. The van der Waals surface area contributed by atoms with Gasteiger partial charge in [0.05, 0.1) is 18.5 Å². The third-order valence-electron chi connectivity index (χ3n) is 3.44. The zero-order valence-electron chi connectivity index (χ0n) is 14.1. The number of nitrogens with zero attached hydrogens (tertiary/aromatic N) is 2. The Morgan fingerprint density at radius 2 is 1.92 bits per heavy atom. The Morgan fingerprint density at radius 3 is 2.56 bits per heavy atom. The minimum absolute atomic E-state index is 0.414. The highest BCUT2D eigenvalue weighted by Crippen LogP contribution is 2.25. The van der Waals surface area contributed by atoms with Crippen LogP contribution in [0.2, 0.25) is 5.02 Å². The van der Waals surface area contributed by atoms with Crippen molar-refractivity contribution in [3.8, 4) is 5.75 Å². The molecule has 2 aromatic rings. The monoisotopic (exact) mass is 359 g/mol. The van der Waals surface area contributed by atoms with Gasteiger partial charge in [-0.1, -0.05) is 23.7 Å². The van der Waals surface area contributed by atoms with Gasteiger partial charge in [-0.3, -0.25) is 9.59 Å². The van der Waals surface area contributed by atoms with Crippen molar-refractivity contribution in [2.75, 3.05) is 12.4 Å². The highest BCUT2D eigenvalue weighted by molar-refractivity contribution is 6.30. The van der Waals surface area contributed by atoms with E-state index in [1.807, 2.05) is 6.92 Å². The van der Waals surface area contributed by atoms with Gasteiger partial charge >= 0.3 is 0 Å². The van der Waals surface area contributed by atoms with E-state index in [4.69, 9.17) is 16.3 Å². The number of nitrogens with one attached hydrogen (secondary N) is 1. The number of aryl methyl sites for hydroxylation is 1. The van der Waals surface area contributed by atoms with E-state index in [1.165, 1.54) is 14.0 Å². The van der Waals surface area contributed by atoms with Crippen LogP contribution in [0.5, 0.6) is 5.75 Å². The molecule has 1 unspecified atom stereocenters. The van der Waals surface area contributed by atoms with Crippen molar-refractivity contribution in [2.45, 2.75) is 19.9 Å². The Balaban J connectivity index is 2.21. The first-order chi connectivity index (χ1) is 11.9. The van der Waals surface area contributed by atoms with Gasteiger partial charge in [0.2, 0.25) is 6.04 Å². The van der Waals surface area contributed by atoms with Gasteiger partial charge in [-0.2, -0.15) is 10.2 Å². The fraction of sp³-hybridized carbons (Fsp3) is 0.222. The van der Waals surface area contributed by atoms with E-state index in [1.54, 1.807) is 42.5 Å². The van der Waals surface area contributed by atoms with Crippen LogP contribution in [-0.4, -0.2) is 24.8 Å². The normalized spacial score (nSPS) is 12.0. The number of rotatable bonds is 6. The number of amides is 1. The lowest BCUT2D eigenvalue weighted by molar-refractivity contribution is -0.126. The van der Waals surface area contributed by atoms with E-state index < -0.39 is 17.7 Å². The average molecular weight is 360 g/mol. The number of Topliss-reactive ketones (excluding diaryl/α,β-unsaturated/α-hetero) is 1. The second kappa shape index (κ2) is 8.39. The maximum Gasteiger partial charge on any atom is 0.258 e. The van der Waals surface area contributed by atoms with Crippen molar-refractivity contribution in [1.82, 2.24) is 0 Å². The molecule has 7 heteroatoms. The number of benzene rings is 2. The van der Waals surface area contributed by atoms with Crippen LogP contribution >= 0.6 is 11.6 Å². The number of hydrogen-bond donors (Lipinski definition) is 1. The Hall–Kier alpha value is -2.73. The maximum atomic E-state index is 12.4. The molecule has 6 nitrogen and oxygen atoms in total. The van der Waals surface area contributed by atoms with Crippen LogP contribution in [0.15, 0.2) is 52.7 Å². The van der Waals surface area contributed by atoms with E-state index in [-0.39, 0.29) is 0 Å². The molecule has 2 aromatic carbocycles. The summed E-state index contributed by atoms with van der Waals surface area (Å²) >= 11 is 5.90. The van der Waals surface area contributed by atoms with Crippen LogP contribution in [-0.2, 0) is 9.59 Å². The number of carbonyl (C=O) groups excluding carboxylic acids is 2. The molecule has 1 atom stereocenters. The minimum atomic E-state index is -1.25. The molecule has 0 saturated heterocycles. The van der Waals surface area contributed by atoms with Crippen LogP contribution in [0.3, 0.4) is 0 Å². The smallest absolute Gasteiger partial charge is 0.258 e. The van der Waals surface area contributed by atoms with Crippen molar-refractivity contribution in [3.05, 3.63) is 53.1 Å². The van der Waals surface area contributed by atoms with Crippen molar-refractivity contribution in [3.63, 3.8) is 0 Å². The van der Waals surface area contributed by atoms with Crippen molar-refractivity contribution >= 4 is 34.7 Å². The van der Waals surface area contributed by atoms with E-state index in [0.717, 1.165) is 5.56 Å². The topological polar surface area (TPSA) is 80.1 Å². The highest BCUT2D eigenvalue weighted by atomic mass is 35.5. The van der Waals surface area contributed by atoms with Crippen LogP contribution < -0.4 is 10.1 Å². The molecule has 0 heterocycles. The molecule has 1 N–H and O–H groups in total. The summed E-state index contributed by atoms with van der Waals surface area (Å²) in [5.41, 5.74) is 1.79. The Kier molecular flexibility index (Phi) is 6.25. The first kappa shape index (κ1) is 18.6.